The number of methoxy groups -OCH3 is 1. The lowest BCUT2D eigenvalue weighted by Crippen LogP contribution is -2.30. The maximum absolute atomic E-state index is 12.9. The third-order valence-electron chi connectivity index (χ3n) is 4.50. The molecule has 0 saturated carbocycles. The summed E-state index contributed by atoms with van der Waals surface area (Å²) in [6.45, 7) is 0.550. The summed E-state index contributed by atoms with van der Waals surface area (Å²) in [5.41, 5.74) is 6.76. The van der Waals surface area contributed by atoms with Crippen LogP contribution in [0.1, 0.15) is 34.8 Å². The van der Waals surface area contributed by atoms with Crippen LogP contribution in [-0.4, -0.2) is 37.0 Å². The van der Waals surface area contributed by atoms with Crippen LogP contribution in [0.4, 0.5) is 0 Å². The highest BCUT2D eigenvalue weighted by atomic mass is 16.5. The van der Waals surface area contributed by atoms with Gasteiger partial charge in [0.1, 0.15) is 11.5 Å². The minimum atomic E-state index is -0.537. The Balaban J connectivity index is 1.72. The van der Waals surface area contributed by atoms with Crippen LogP contribution in [0.5, 0.6) is 11.5 Å². The Hall–Kier alpha value is -3.02. The largest absolute Gasteiger partial charge is 0.497 e. The van der Waals surface area contributed by atoms with Crippen molar-refractivity contribution >= 4 is 11.8 Å². The van der Waals surface area contributed by atoms with Gasteiger partial charge in [0.25, 0.3) is 11.8 Å². The smallest absolute Gasteiger partial charge is 0.255 e. The van der Waals surface area contributed by atoms with Gasteiger partial charge >= 0.3 is 0 Å². The van der Waals surface area contributed by atoms with Gasteiger partial charge in [-0.25, -0.2) is 0 Å². The van der Waals surface area contributed by atoms with Crippen LogP contribution in [0, 0.1) is 0 Å². The molecule has 1 saturated heterocycles. The monoisotopic (exact) mass is 354 g/mol. The standard InChI is InChI=1S/C20H22N2O4/c1-25-16-8-4-14(5-9-16)18-3-2-12-22(18)20(24)15-6-10-17(11-7-15)26-13-19(21)23/h4-11,18H,2-3,12-13H2,1H3,(H2,21,23)/t18-/m0/s1. The summed E-state index contributed by atoms with van der Waals surface area (Å²) in [6, 6.07) is 14.7. The van der Waals surface area contributed by atoms with Crippen molar-refractivity contribution in [1.29, 1.82) is 0 Å². The molecule has 6 heteroatoms. The Kier molecular flexibility index (Phi) is 5.41. The van der Waals surface area contributed by atoms with Gasteiger partial charge in [-0.15, -0.1) is 0 Å². The second kappa shape index (κ2) is 7.91. The van der Waals surface area contributed by atoms with Crippen molar-refractivity contribution in [3.63, 3.8) is 0 Å². The number of hydrogen-bond acceptors (Lipinski definition) is 4. The van der Waals surface area contributed by atoms with Gasteiger partial charge in [0.15, 0.2) is 6.61 Å². The van der Waals surface area contributed by atoms with E-state index >= 15 is 0 Å². The van der Waals surface area contributed by atoms with Crippen molar-refractivity contribution < 1.29 is 19.1 Å². The number of carbonyl (C=O) groups is 2. The van der Waals surface area contributed by atoms with Gasteiger partial charge < -0.3 is 20.1 Å². The Labute approximate surface area is 152 Å². The predicted octanol–water partition coefficient (Wildman–Crippen LogP) is 2.54. The summed E-state index contributed by atoms with van der Waals surface area (Å²) in [4.78, 5) is 25.6. The lowest BCUT2D eigenvalue weighted by atomic mass is 10.0. The van der Waals surface area contributed by atoms with E-state index in [0.29, 0.717) is 11.3 Å². The molecule has 0 spiro atoms. The number of primary amides is 1. The molecule has 2 aromatic carbocycles. The highest BCUT2D eigenvalue weighted by molar-refractivity contribution is 5.94. The number of nitrogens with zero attached hydrogens (tertiary/aromatic N) is 1. The molecule has 1 fully saturated rings. The molecule has 136 valence electrons. The summed E-state index contributed by atoms with van der Waals surface area (Å²) >= 11 is 0. The first-order chi connectivity index (χ1) is 12.6. The molecule has 0 aliphatic carbocycles. The third kappa shape index (κ3) is 3.96. The van der Waals surface area contributed by atoms with Crippen LogP contribution < -0.4 is 15.2 Å². The summed E-state index contributed by atoms with van der Waals surface area (Å²) in [5.74, 6) is 0.763. The number of rotatable bonds is 6. The second-order valence-corrected chi connectivity index (χ2v) is 6.21. The van der Waals surface area contributed by atoms with Gasteiger partial charge in [0, 0.05) is 12.1 Å². The molecule has 1 aliphatic heterocycles. The maximum atomic E-state index is 12.9. The Bertz CT molecular complexity index is 771. The fourth-order valence-electron chi connectivity index (χ4n) is 3.20. The molecule has 1 aliphatic rings. The first-order valence-corrected chi connectivity index (χ1v) is 8.54. The van der Waals surface area contributed by atoms with Crippen molar-refractivity contribution in [3.05, 3.63) is 59.7 Å². The lowest BCUT2D eigenvalue weighted by Gasteiger charge is -2.25. The van der Waals surface area contributed by atoms with E-state index in [-0.39, 0.29) is 18.6 Å². The lowest BCUT2D eigenvalue weighted by molar-refractivity contribution is -0.119. The van der Waals surface area contributed by atoms with Crippen LogP contribution in [0.2, 0.25) is 0 Å². The van der Waals surface area contributed by atoms with Crippen LogP contribution >= 0.6 is 0 Å². The number of hydrogen-bond donors (Lipinski definition) is 1. The number of ether oxygens (including phenoxy) is 2. The van der Waals surface area contributed by atoms with Crippen LogP contribution in [0.3, 0.4) is 0 Å². The number of nitrogens with two attached hydrogens (primary N) is 1. The van der Waals surface area contributed by atoms with Crippen LogP contribution in [0.25, 0.3) is 0 Å². The highest BCUT2D eigenvalue weighted by Gasteiger charge is 2.30. The van der Waals surface area contributed by atoms with Crippen molar-refractivity contribution in [3.8, 4) is 11.5 Å². The topological polar surface area (TPSA) is 81.9 Å². The number of benzene rings is 2. The molecule has 2 amide bonds. The second-order valence-electron chi connectivity index (χ2n) is 6.21. The number of amides is 2. The van der Waals surface area contributed by atoms with Crippen LogP contribution in [0.15, 0.2) is 48.5 Å². The molecule has 0 aromatic heterocycles. The summed E-state index contributed by atoms with van der Waals surface area (Å²) in [6.07, 6.45) is 1.92. The number of carbonyl (C=O) groups excluding carboxylic acids is 2. The van der Waals surface area contributed by atoms with E-state index in [1.807, 2.05) is 29.2 Å². The number of likely N-dealkylation sites (tertiary alicyclic amines) is 1. The molecule has 2 N–H and O–H groups in total. The van der Waals surface area contributed by atoms with Gasteiger partial charge in [-0.2, -0.15) is 0 Å². The molecular weight excluding hydrogens is 332 g/mol. The fraction of sp³-hybridized carbons (Fsp3) is 0.300. The Morgan fingerprint density at radius 2 is 1.73 bits per heavy atom. The average Bonchev–Trinajstić information content (AvgIpc) is 3.16. The summed E-state index contributed by atoms with van der Waals surface area (Å²) < 4.78 is 10.4. The van der Waals surface area contributed by atoms with Crippen molar-refractivity contribution in [2.45, 2.75) is 18.9 Å². The average molecular weight is 354 g/mol. The molecule has 0 unspecified atom stereocenters. The van der Waals surface area contributed by atoms with E-state index in [0.717, 1.165) is 30.7 Å². The summed E-state index contributed by atoms with van der Waals surface area (Å²) in [5, 5.41) is 0. The van der Waals surface area contributed by atoms with Crippen molar-refractivity contribution in [2.75, 3.05) is 20.3 Å². The van der Waals surface area contributed by atoms with E-state index in [4.69, 9.17) is 15.2 Å². The predicted molar refractivity (Wildman–Crippen MR) is 97.1 cm³/mol. The first-order valence-electron chi connectivity index (χ1n) is 8.54. The molecule has 26 heavy (non-hydrogen) atoms. The van der Waals surface area contributed by atoms with Crippen molar-refractivity contribution in [1.82, 2.24) is 4.90 Å². The van der Waals surface area contributed by atoms with E-state index in [2.05, 4.69) is 0 Å². The molecule has 3 rings (SSSR count). The Morgan fingerprint density at radius 1 is 1.08 bits per heavy atom. The quantitative estimate of drug-likeness (QED) is 0.864. The molecule has 1 heterocycles. The van der Waals surface area contributed by atoms with E-state index in [9.17, 15) is 9.59 Å². The molecule has 1 atom stereocenters. The van der Waals surface area contributed by atoms with Crippen LogP contribution in [-0.2, 0) is 4.79 Å². The zero-order chi connectivity index (χ0) is 18.5. The molecule has 0 bridgehead atoms. The molecule has 6 nitrogen and oxygen atoms in total. The third-order valence-corrected chi connectivity index (χ3v) is 4.50. The van der Waals surface area contributed by atoms with Gasteiger partial charge in [0.05, 0.1) is 13.2 Å². The fourth-order valence-corrected chi connectivity index (χ4v) is 3.20. The van der Waals surface area contributed by atoms with Gasteiger partial charge in [-0.05, 0) is 54.8 Å². The molecule has 2 aromatic rings. The minimum Gasteiger partial charge on any atom is -0.497 e. The van der Waals surface area contributed by atoms with E-state index < -0.39 is 5.91 Å². The van der Waals surface area contributed by atoms with Gasteiger partial charge in [-0.3, -0.25) is 9.59 Å². The Morgan fingerprint density at radius 3 is 2.35 bits per heavy atom. The molecule has 0 radical (unpaired) electrons. The zero-order valence-electron chi connectivity index (χ0n) is 14.7. The highest BCUT2D eigenvalue weighted by Crippen LogP contribution is 2.34. The zero-order valence-corrected chi connectivity index (χ0v) is 14.7. The van der Waals surface area contributed by atoms with Gasteiger partial charge in [0.2, 0.25) is 0 Å². The summed E-state index contributed by atoms with van der Waals surface area (Å²) in [7, 11) is 1.64. The van der Waals surface area contributed by atoms with E-state index in [1.165, 1.54) is 0 Å². The van der Waals surface area contributed by atoms with Gasteiger partial charge in [-0.1, -0.05) is 12.1 Å². The normalized spacial score (nSPS) is 16.3. The minimum absolute atomic E-state index is 0.00947. The van der Waals surface area contributed by atoms with Crippen molar-refractivity contribution in [2.24, 2.45) is 5.73 Å². The van der Waals surface area contributed by atoms with E-state index in [1.54, 1.807) is 31.4 Å². The molecular formula is C20H22N2O4. The first kappa shape index (κ1) is 17.8. The SMILES string of the molecule is COc1ccc([C@@H]2CCCN2C(=O)c2ccc(OCC(N)=O)cc2)cc1. The maximum Gasteiger partial charge on any atom is 0.255 e.